The molecule has 3 rings (SSSR count). The van der Waals surface area contributed by atoms with Crippen LogP contribution in [0.1, 0.15) is 36.3 Å². The van der Waals surface area contributed by atoms with Crippen LogP contribution in [-0.2, 0) is 11.2 Å². The lowest BCUT2D eigenvalue weighted by atomic mass is 9.90. The van der Waals surface area contributed by atoms with E-state index in [1.807, 2.05) is 30.3 Å². The van der Waals surface area contributed by atoms with Crippen LogP contribution in [0.2, 0.25) is 0 Å². The molecule has 0 heterocycles. The summed E-state index contributed by atoms with van der Waals surface area (Å²) >= 11 is 0. The molecule has 1 atom stereocenters. The lowest BCUT2D eigenvalue weighted by Crippen LogP contribution is -2.27. The topological polar surface area (TPSA) is 56.8 Å². The van der Waals surface area contributed by atoms with Gasteiger partial charge >= 0.3 is 0 Å². The summed E-state index contributed by atoms with van der Waals surface area (Å²) in [6.07, 6.45) is 3.69. The van der Waals surface area contributed by atoms with Crippen molar-refractivity contribution in [2.45, 2.75) is 31.6 Å². The molecule has 1 fully saturated rings. The molecule has 2 aromatic rings. The van der Waals surface area contributed by atoms with Crippen LogP contribution in [0.15, 0.2) is 42.5 Å². The maximum absolute atomic E-state index is 12.5. The standard InChI is InChI=1S/C23H29NO4/c1-26-19-9-7-18(8-10-19)20(17-5-6-17)15-23(25)24-13-12-16-4-11-21(27-2)22(14-16)28-3/h4,7-11,14,17,20H,5-6,12-13,15H2,1-3H3,(H,24,25). The Morgan fingerprint density at radius 2 is 1.71 bits per heavy atom. The molecular formula is C23H29NO4. The van der Waals surface area contributed by atoms with E-state index in [4.69, 9.17) is 14.2 Å². The molecule has 1 aliphatic rings. The Labute approximate surface area is 167 Å². The molecule has 1 saturated carbocycles. The molecule has 5 heteroatoms. The van der Waals surface area contributed by atoms with Crippen molar-refractivity contribution in [3.63, 3.8) is 0 Å². The average Bonchev–Trinajstić information content (AvgIpc) is 3.57. The Bertz CT molecular complexity index is 784. The number of methoxy groups -OCH3 is 3. The first-order valence-corrected chi connectivity index (χ1v) is 9.76. The molecule has 150 valence electrons. The summed E-state index contributed by atoms with van der Waals surface area (Å²) < 4.78 is 15.8. The molecule has 1 N–H and O–H groups in total. The van der Waals surface area contributed by atoms with Gasteiger partial charge in [0, 0.05) is 13.0 Å². The lowest BCUT2D eigenvalue weighted by Gasteiger charge is -2.17. The van der Waals surface area contributed by atoms with Crippen molar-refractivity contribution in [1.29, 1.82) is 0 Å². The van der Waals surface area contributed by atoms with E-state index in [9.17, 15) is 4.79 Å². The molecule has 1 aliphatic carbocycles. The number of nitrogens with one attached hydrogen (secondary N) is 1. The zero-order chi connectivity index (χ0) is 19.9. The SMILES string of the molecule is COc1ccc(C(CC(=O)NCCc2ccc(OC)c(OC)c2)C2CC2)cc1. The van der Waals surface area contributed by atoms with Crippen LogP contribution in [0.25, 0.3) is 0 Å². The monoisotopic (exact) mass is 383 g/mol. The van der Waals surface area contributed by atoms with Gasteiger partial charge in [0.1, 0.15) is 5.75 Å². The molecule has 1 amide bonds. The fraction of sp³-hybridized carbons (Fsp3) is 0.435. The van der Waals surface area contributed by atoms with Crippen LogP contribution in [-0.4, -0.2) is 33.8 Å². The van der Waals surface area contributed by atoms with Crippen LogP contribution >= 0.6 is 0 Å². The smallest absolute Gasteiger partial charge is 0.220 e. The molecule has 1 unspecified atom stereocenters. The van der Waals surface area contributed by atoms with Crippen molar-refractivity contribution >= 4 is 5.91 Å². The van der Waals surface area contributed by atoms with Crippen LogP contribution in [0.3, 0.4) is 0 Å². The van der Waals surface area contributed by atoms with Crippen molar-refractivity contribution in [2.75, 3.05) is 27.9 Å². The highest BCUT2D eigenvalue weighted by Crippen LogP contribution is 2.44. The molecule has 0 aliphatic heterocycles. The first kappa shape index (κ1) is 20.1. The molecule has 28 heavy (non-hydrogen) atoms. The third-order valence-electron chi connectivity index (χ3n) is 5.32. The Morgan fingerprint density at radius 3 is 2.32 bits per heavy atom. The van der Waals surface area contributed by atoms with E-state index in [2.05, 4.69) is 17.4 Å². The second-order valence-electron chi connectivity index (χ2n) is 7.21. The fourth-order valence-corrected chi connectivity index (χ4v) is 3.56. The molecular weight excluding hydrogens is 354 g/mol. The van der Waals surface area contributed by atoms with Crippen LogP contribution in [0.4, 0.5) is 0 Å². The zero-order valence-corrected chi connectivity index (χ0v) is 16.9. The van der Waals surface area contributed by atoms with Gasteiger partial charge in [0.2, 0.25) is 5.91 Å². The highest BCUT2D eigenvalue weighted by atomic mass is 16.5. The average molecular weight is 383 g/mol. The Hall–Kier alpha value is -2.69. The van der Waals surface area contributed by atoms with E-state index in [0.29, 0.717) is 30.4 Å². The molecule has 0 spiro atoms. The van der Waals surface area contributed by atoms with Crippen molar-refractivity contribution < 1.29 is 19.0 Å². The highest BCUT2D eigenvalue weighted by Gasteiger charge is 2.33. The molecule has 0 aromatic heterocycles. The Kier molecular flexibility index (Phi) is 6.80. The first-order chi connectivity index (χ1) is 13.6. The zero-order valence-electron chi connectivity index (χ0n) is 16.9. The minimum Gasteiger partial charge on any atom is -0.497 e. The van der Waals surface area contributed by atoms with Gasteiger partial charge in [-0.25, -0.2) is 0 Å². The van der Waals surface area contributed by atoms with Crippen molar-refractivity contribution in [3.8, 4) is 17.2 Å². The second kappa shape index (κ2) is 9.49. The predicted octanol–water partition coefficient (Wildman–Crippen LogP) is 3.96. The fourth-order valence-electron chi connectivity index (χ4n) is 3.56. The first-order valence-electron chi connectivity index (χ1n) is 9.76. The van der Waals surface area contributed by atoms with Gasteiger partial charge in [-0.1, -0.05) is 18.2 Å². The predicted molar refractivity (Wildman–Crippen MR) is 109 cm³/mol. The van der Waals surface area contributed by atoms with E-state index in [1.54, 1.807) is 21.3 Å². The maximum atomic E-state index is 12.5. The molecule has 0 radical (unpaired) electrons. The number of amides is 1. The van der Waals surface area contributed by atoms with E-state index >= 15 is 0 Å². The summed E-state index contributed by atoms with van der Waals surface area (Å²) in [5, 5.41) is 3.07. The summed E-state index contributed by atoms with van der Waals surface area (Å²) in [4.78, 5) is 12.5. The van der Waals surface area contributed by atoms with Gasteiger partial charge in [0.05, 0.1) is 21.3 Å². The van der Waals surface area contributed by atoms with Gasteiger partial charge in [-0.3, -0.25) is 4.79 Å². The summed E-state index contributed by atoms with van der Waals surface area (Å²) in [6.45, 7) is 0.605. The lowest BCUT2D eigenvalue weighted by molar-refractivity contribution is -0.121. The van der Waals surface area contributed by atoms with Crippen molar-refractivity contribution in [1.82, 2.24) is 5.32 Å². The molecule has 0 bridgehead atoms. The van der Waals surface area contributed by atoms with Gasteiger partial charge in [-0.05, 0) is 66.5 Å². The van der Waals surface area contributed by atoms with Gasteiger partial charge in [0.15, 0.2) is 11.5 Å². The molecule has 5 nitrogen and oxygen atoms in total. The number of carbonyl (C=O) groups excluding carboxylic acids is 1. The van der Waals surface area contributed by atoms with Crippen LogP contribution < -0.4 is 19.5 Å². The van der Waals surface area contributed by atoms with E-state index in [1.165, 1.54) is 18.4 Å². The van der Waals surface area contributed by atoms with E-state index in [0.717, 1.165) is 17.7 Å². The van der Waals surface area contributed by atoms with Gasteiger partial charge < -0.3 is 19.5 Å². The number of rotatable bonds is 10. The number of hydrogen-bond donors (Lipinski definition) is 1. The third-order valence-corrected chi connectivity index (χ3v) is 5.32. The largest absolute Gasteiger partial charge is 0.497 e. The summed E-state index contributed by atoms with van der Waals surface area (Å²) in [7, 11) is 4.91. The normalized spacial score (nSPS) is 14.2. The number of carbonyl (C=O) groups is 1. The minimum atomic E-state index is 0.105. The van der Waals surface area contributed by atoms with Crippen molar-refractivity contribution in [3.05, 3.63) is 53.6 Å². The highest BCUT2D eigenvalue weighted by molar-refractivity contribution is 5.77. The van der Waals surface area contributed by atoms with Crippen LogP contribution in [0, 0.1) is 5.92 Å². The summed E-state index contributed by atoms with van der Waals surface area (Å²) in [5.74, 6) is 3.27. The van der Waals surface area contributed by atoms with Gasteiger partial charge in [0.25, 0.3) is 0 Å². The van der Waals surface area contributed by atoms with E-state index in [-0.39, 0.29) is 11.8 Å². The summed E-state index contributed by atoms with van der Waals surface area (Å²) in [5.41, 5.74) is 2.32. The van der Waals surface area contributed by atoms with Gasteiger partial charge in [-0.2, -0.15) is 0 Å². The quantitative estimate of drug-likeness (QED) is 0.675. The van der Waals surface area contributed by atoms with Crippen molar-refractivity contribution in [2.24, 2.45) is 5.92 Å². The van der Waals surface area contributed by atoms with Gasteiger partial charge in [-0.15, -0.1) is 0 Å². The number of benzene rings is 2. The minimum absolute atomic E-state index is 0.105. The maximum Gasteiger partial charge on any atom is 0.220 e. The number of ether oxygens (including phenoxy) is 3. The second-order valence-corrected chi connectivity index (χ2v) is 7.21. The third kappa shape index (κ3) is 5.18. The molecule has 2 aromatic carbocycles. The van der Waals surface area contributed by atoms with Crippen LogP contribution in [0.5, 0.6) is 17.2 Å². The summed E-state index contributed by atoms with van der Waals surface area (Å²) in [6, 6.07) is 14.0. The molecule has 0 saturated heterocycles. The Balaban J connectivity index is 1.52. The number of hydrogen-bond acceptors (Lipinski definition) is 4. The van der Waals surface area contributed by atoms with E-state index < -0.39 is 0 Å². The Morgan fingerprint density at radius 1 is 1.00 bits per heavy atom.